The van der Waals surface area contributed by atoms with Gasteiger partial charge in [-0.15, -0.1) is 0 Å². The van der Waals surface area contributed by atoms with Crippen LogP contribution in [0.3, 0.4) is 0 Å². The zero-order valence-corrected chi connectivity index (χ0v) is 18.6. The highest BCUT2D eigenvalue weighted by atomic mass is 16.4. The van der Waals surface area contributed by atoms with Gasteiger partial charge in [-0.05, 0) is 18.3 Å². The number of amides is 4. The summed E-state index contributed by atoms with van der Waals surface area (Å²) >= 11 is 0. The van der Waals surface area contributed by atoms with Crippen LogP contribution >= 0.6 is 0 Å². The van der Waals surface area contributed by atoms with E-state index in [1.165, 1.54) is 0 Å². The summed E-state index contributed by atoms with van der Waals surface area (Å²) in [5.74, 6) is -6.82. The van der Waals surface area contributed by atoms with E-state index in [4.69, 9.17) is 16.6 Å². The first-order valence-corrected chi connectivity index (χ1v) is 10.0. The Morgan fingerprint density at radius 3 is 1.69 bits per heavy atom. The number of aliphatic carboxylic acids is 2. The summed E-state index contributed by atoms with van der Waals surface area (Å²) in [6, 6.07) is -5.37. The van der Waals surface area contributed by atoms with Crippen molar-refractivity contribution in [1.29, 1.82) is 0 Å². The summed E-state index contributed by atoms with van der Waals surface area (Å²) in [4.78, 5) is 71.0. The van der Waals surface area contributed by atoms with E-state index < -0.39 is 78.5 Å². The summed E-state index contributed by atoms with van der Waals surface area (Å²) in [5.41, 5.74) is 10.6. The molecule has 0 aliphatic rings. The van der Waals surface area contributed by atoms with Crippen LogP contribution < -0.4 is 27.4 Å². The fraction of sp³-hybridized carbons (Fsp3) is 0.684. The Labute approximate surface area is 185 Å². The van der Waals surface area contributed by atoms with E-state index in [0.29, 0.717) is 0 Å². The second-order valence-corrected chi connectivity index (χ2v) is 8.20. The van der Waals surface area contributed by atoms with Crippen molar-refractivity contribution in [2.24, 2.45) is 23.3 Å². The van der Waals surface area contributed by atoms with Gasteiger partial charge in [-0.2, -0.15) is 0 Å². The molecule has 0 rings (SSSR count). The maximum Gasteiger partial charge on any atom is 0.326 e. The molecule has 0 saturated heterocycles. The van der Waals surface area contributed by atoms with Crippen LogP contribution in [0.15, 0.2) is 0 Å². The maximum atomic E-state index is 12.8. The Bertz CT molecular complexity index is 725. The van der Waals surface area contributed by atoms with Gasteiger partial charge < -0.3 is 37.6 Å². The number of primary amides is 1. The van der Waals surface area contributed by atoms with Gasteiger partial charge in [0.1, 0.15) is 18.1 Å². The summed E-state index contributed by atoms with van der Waals surface area (Å²) < 4.78 is 0. The second kappa shape index (κ2) is 13.2. The Morgan fingerprint density at radius 2 is 1.28 bits per heavy atom. The summed E-state index contributed by atoms with van der Waals surface area (Å²) in [5, 5.41) is 25.2. The van der Waals surface area contributed by atoms with Crippen LogP contribution in [0, 0.1) is 11.8 Å². The lowest BCUT2D eigenvalue weighted by atomic mass is 10.0. The third-order valence-corrected chi connectivity index (χ3v) is 4.34. The number of hydrogen-bond acceptors (Lipinski definition) is 7. The first-order chi connectivity index (χ1) is 14.6. The number of rotatable bonds is 14. The Morgan fingerprint density at radius 1 is 0.781 bits per heavy atom. The van der Waals surface area contributed by atoms with E-state index in [2.05, 4.69) is 16.0 Å². The zero-order valence-electron chi connectivity index (χ0n) is 18.6. The molecule has 4 unspecified atom stereocenters. The molecule has 0 aliphatic heterocycles. The molecular weight excluding hydrogens is 426 g/mol. The van der Waals surface area contributed by atoms with Gasteiger partial charge in [-0.1, -0.05) is 27.7 Å². The van der Waals surface area contributed by atoms with Gasteiger partial charge in [0, 0.05) is 0 Å². The SMILES string of the molecule is CC(C)CC(NC(=O)C(N)CC(N)=O)C(=O)NC(CC(=O)O)C(=O)NC(C(=O)O)C(C)C. The number of carbonyl (C=O) groups excluding carboxylic acids is 4. The van der Waals surface area contributed by atoms with E-state index in [0.717, 1.165) is 0 Å². The summed E-state index contributed by atoms with van der Waals surface area (Å²) in [6.07, 6.45) is -1.14. The van der Waals surface area contributed by atoms with Gasteiger partial charge >= 0.3 is 11.9 Å². The molecule has 0 aromatic rings. The number of carboxylic acid groups (broad SMARTS) is 2. The van der Waals surface area contributed by atoms with Crippen molar-refractivity contribution in [2.45, 2.75) is 71.1 Å². The fourth-order valence-electron chi connectivity index (χ4n) is 2.71. The third kappa shape index (κ3) is 10.7. The molecule has 13 nitrogen and oxygen atoms in total. The van der Waals surface area contributed by atoms with Crippen LogP contribution in [0.2, 0.25) is 0 Å². The molecule has 0 aromatic carbocycles. The minimum Gasteiger partial charge on any atom is -0.481 e. The van der Waals surface area contributed by atoms with Crippen molar-refractivity contribution >= 4 is 35.6 Å². The van der Waals surface area contributed by atoms with Crippen LogP contribution in [0.5, 0.6) is 0 Å². The molecule has 182 valence electrons. The topological polar surface area (TPSA) is 231 Å². The first-order valence-electron chi connectivity index (χ1n) is 10.0. The van der Waals surface area contributed by atoms with E-state index in [1.807, 2.05) is 0 Å². The first kappa shape index (κ1) is 28.8. The Hall–Kier alpha value is -3.22. The normalized spacial score (nSPS) is 14.7. The molecule has 0 saturated carbocycles. The highest BCUT2D eigenvalue weighted by Gasteiger charge is 2.32. The van der Waals surface area contributed by atoms with Crippen LogP contribution in [0.1, 0.15) is 47.0 Å². The van der Waals surface area contributed by atoms with Gasteiger partial charge in [-0.3, -0.25) is 24.0 Å². The van der Waals surface area contributed by atoms with Gasteiger partial charge in [-0.25, -0.2) is 4.79 Å². The van der Waals surface area contributed by atoms with Crippen molar-refractivity contribution in [3.05, 3.63) is 0 Å². The maximum absolute atomic E-state index is 12.8. The fourth-order valence-corrected chi connectivity index (χ4v) is 2.71. The van der Waals surface area contributed by atoms with Crippen LogP contribution in [-0.2, 0) is 28.8 Å². The standard InChI is InChI=1S/C19H33N5O8/c1-8(2)5-11(22-16(28)10(20)6-13(21)25)17(29)23-12(7-14(26)27)18(30)24-15(9(3)4)19(31)32/h8-12,15H,5-7,20H2,1-4H3,(H2,21,25)(H,22,28)(H,23,29)(H,24,30)(H,26,27)(H,31,32). The van der Waals surface area contributed by atoms with Crippen molar-refractivity contribution in [1.82, 2.24) is 16.0 Å². The van der Waals surface area contributed by atoms with Crippen LogP contribution in [0.25, 0.3) is 0 Å². The molecule has 4 atom stereocenters. The minimum atomic E-state index is -1.59. The van der Waals surface area contributed by atoms with E-state index in [-0.39, 0.29) is 12.3 Å². The number of carboxylic acids is 2. The quantitative estimate of drug-likeness (QED) is 0.151. The van der Waals surface area contributed by atoms with Crippen molar-refractivity contribution in [3.8, 4) is 0 Å². The van der Waals surface area contributed by atoms with Crippen molar-refractivity contribution in [3.63, 3.8) is 0 Å². The number of hydrogen-bond donors (Lipinski definition) is 7. The largest absolute Gasteiger partial charge is 0.481 e. The van der Waals surface area contributed by atoms with Crippen LogP contribution in [-0.4, -0.2) is 69.9 Å². The van der Waals surface area contributed by atoms with E-state index in [1.54, 1.807) is 27.7 Å². The van der Waals surface area contributed by atoms with Gasteiger partial charge in [0.05, 0.1) is 18.9 Å². The average Bonchev–Trinajstić information content (AvgIpc) is 2.62. The Kier molecular flexibility index (Phi) is 11.9. The van der Waals surface area contributed by atoms with Crippen LogP contribution in [0.4, 0.5) is 0 Å². The Balaban J connectivity index is 5.53. The van der Waals surface area contributed by atoms with Gasteiger partial charge in [0.25, 0.3) is 0 Å². The molecule has 13 heteroatoms. The zero-order chi connectivity index (χ0) is 25.2. The van der Waals surface area contributed by atoms with Gasteiger partial charge in [0.15, 0.2) is 0 Å². The average molecular weight is 460 g/mol. The molecule has 9 N–H and O–H groups in total. The lowest BCUT2D eigenvalue weighted by Gasteiger charge is -2.26. The molecule has 4 amide bonds. The molecule has 0 aromatic heterocycles. The van der Waals surface area contributed by atoms with E-state index in [9.17, 15) is 33.9 Å². The molecule has 0 aliphatic carbocycles. The predicted molar refractivity (Wildman–Crippen MR) is 112 cm³/mol. The lowest BCUT2D eigenvalue weighted by Crippen LogP contribution is -2.58. The monoisotopic (exact) mass is 459 g/mol. The highest BCUT2D eigenvalue weighted by Crippen LogP contribution is 2.08. The summed E-state index contributed by atoms with van der Waals surface area (Å²) in [7, 11) is 0. The highest BCUT2D eigenvalue weighted by molar-refractivity contribution is 5.96. The second-order valence-electron chi connectivity index (χ2n) is 8.20. The molecular formula is C19H33N5O8. The minimum absolute atomic E-state index is 0.0949. The van der Waals surface area contributed by atoms with E-state index >= 15 is 0 Å². The third-order valence-electron chi connectivity index (χ3n) is 4.34. The smallest absolute Gasteiger partial charge is 0.326 e. The molecule has 0 spiro atoms. The molecule has 0 fully saturated rings. The number of nitrogens with two attached hydrogens (primary N) is 2. The van der Waals surface area contributed by atoms with Gasteiger partial charge in [0.2, 0.25) is 23.6 Å². The summed E-state index contributed by atoms with van der Waals surface area (Å²) in [6.45, 7) is 6.62. The van der Waals surface area contributed by atoms with Crippen molar-refractivity contribution < 1.29 is 39.0 Å². The molecule has 0 radical (unpaired) electrons. The molecule has 0 bridgehead atoms. The number of nitrogens with one attached hydrogen (secondary N) is 3. The molecule has 32 heavy (non-hydrogen) atoms. The van der Waals surface area contributed by atoms with Crippen molar-refractivity contribution in [2.75, 3.05) is 0 Å². The predicted octanol–water partition coefficient (Wildman–Crippen LogP) is -2.10. The number of carbonyl (C=O) groups is 6. The lowest BCUT2D eigenvalue weighted by molar-refractivity contribution is -0.144. The molecule has 0 heterocycles.